The fourth-order valence-electron chi connectivity index (χ4n) is 6.23. The number of nitrogens with zero attached hydrogens (tertiary/aromatic N) is 4. The number of nitrogen functional groups attached to an aromatic ring is 1. The van der Waals surface area contributed by atoms with E-state index in [0.717, 1.165) is 68.1 Å². The number of aryl methyl sites for hydroxylation is 1. The summed E-state index contributed by atoms with van der Waals surface area (Å²) in [7, 11) is 0. The molecule has 0 bridgehead atoms. The van der Waals surface area contributed by atoms with Gasteiger partial charge in [-0.15, -0.1) is 0 Å². The zero-order valence-corrected chi connectivity index (χ0v) is 20.0. The van der Waals surface area contributed by atoms with E-state index < -0.39 is 6.17 Å². The normalized spacial score (nSPS) is 22.3. The highest BCUT2D eigenvalue weighted by Crippen LogP contribution is 2.52. The van der Waals surface area contributed by atoms with Crippen molar-refractivity contribution in [1.29, 1.82) is 5.26 Å². The third-order valence-corrected chi connectivity index (χ3v) is 8.25. The second kappa shape index (κ2) is 8.27. The molecule has 2 heterocycles. The summed E-state index contributed by atoms with van der Waals surface area (Å²) >= 11 is 0. The average Bonchev–Trinajstić information content (AvgIpc) is 2.78. The van der Waals surface area contributed by atoms with E-state index in [4.69, 9.17) is 15.7 Å². The van der Waals surface area contributed by atoms with Gasteiger partial charge in [0.05, 0.1) is 11.3 Å². The van der Waals surface area contributed by atoms with Crippen LogP contribution in [0.1, 0.15) is 92.1 Å². The number of fused-ring (bicyclic) bond motifs is 1. The summed E-state index contributed by atoms with van der Waals surface area (Å²) in [4.78, 5) is 12.2. The third-order valence-electron chi connectivity index (χ3n) is 8.25. The molecular formula is C27H34FN5. The Bertz CT molecular complexity index is 1110. The van der Waals surface area contributed by atoms with Crippen LogP contribution in [-0.2, 0) is 19.3 Å². The number of halogens is 1. The van der Waals surface area contributed by atoms with Gasteiger partial charge in [0.15, 0.2) is 0 Å². The van der Waals surface area contributed by atoms with Gasteiger partial charge in [0.1, 0.15) is 23.9 Å². The van der Waals surface area contributed by atoms with Gasteiger partial charge >= 0.3 is 0 Å². The van der Waals surface area contributed by atoms with Crippen molar-refractivity contribution in [3.05, 3.63) is 45.9 Å². The predicted molar refractivity (Wildman–Crippen MR) is 129 cm³/mol. The highest BCUT2D eigenvalue weighted by atomic mass is 19.1. The lowest BCUT2D eigenvalue weighted by molar-refractivity contribution is 0.000293. The van der Waals surface area contributed by atoms with Crippen LogP contribution in [0.2, 0.25) is 0 Å². The Morgan fingerprint density at radius 1 is 1.27 bits per heavy atom. The van der Waals surface area contributed by atoms with Crippen molar-refractivity contribution in [2.45, 2.75) is 83.7 Å². The maximum absolute atomic E-state index is 13.5. The molecule has 5 nitrogen and oxygen atoms in total. The lowest BCUT2D eigenvalue weighted by Crippen LogP contribution is -2.63. The molecule has 2 atom stereocenters. The first kappa shape index (κ1) is 22.1. The second-order valence-corrected chi connectivity index (χ2v) is 10.5. The maximum atomic E-state index is 13.5. The van der Waals surface area contributed by atoms with Crippen LogP contribution in [0.3, 0.4) is 0 Å². The lowest BCUT2D eigenvalue weighted by atomic mass is 9.62. The summed E-state index contributed by atoms with van der Waals surface area (Å²) in [6.07, 6.45) is 5.26. The molecule has 33 heavy (non-hydrogen) atoms. The second-order valence-electron chi connectivity index (χ2n) is 10.5. The molecule has 1 aliphatic heterocycles. The van der Waals surface area contributed by atoms with Gasteiger partial charge in [-0.1, -0.05) is 26.8 Å². The molecule has 1 spiro atoms. The zero-order chi connectivity index (χ0) is 23.3. The van der Waals surface area contributed by atoms with Gasteiger partial charge in [-0.25, -0.2) is 14.4 Å². The monoisotopic (exact) mass is 447 g/mol. The molecule has 2 aliphatic carbocycles. The largest absolute Gasteiger partial charge is 0.398 e. The standard InChI is InChI=1S/C27H34FN5/c1-4-16(3)19-8-9-22(30)21(13-29)25(19)17-6-7-20-23(10-17)31-24(5-2)32-26(20)33-14-27(15-33)11-18(28)12-27/h8-9,16-18H,4-7,10-12,14-15,30H2,1-3H3/t16-,17?/m0/s1. The molecule has 6 heteroatoms. The molecule has 5 rings (SSSR count). The van der Waals surface area contributed by atoms with Gasteiger partial charge in [-0.05, 0) is 67.6 Å². The van der Waals surface area contributed by atoms with Gasteiger partial charge in [-0.3, -0.25) is 0 Å². The first-order chi connectivity index (χ1) is 15.9. The molecule has 2 N–H and O–H groups in total. The van der Waals surface area contributed by atoms with Crippen molar-refractivity contribution in [2.24, 2.45) is 5.41 Å². The van der Waals surface area contributed by atoms with E-state index in [1.807, 2.05) is 6.07 Å². The average molecular weight is 448 g/mol. The van der Waals surface area contributed by atoms with Crippen LogP contribution in [0.25, 0.3) is 0 Å². The van der Waals surface area contributed by atoms with Crippen LogP contribution in [0, 0.1) is 16.7 Å². The van der Waals surface area contributed by atoms with E-state index in [-0.39, 0.29) is 11.3 Å². The smallest absolute Gasteiger partial charge is 0.135 e. The summed E-state index contributed by atoms with van der Waals surface area (Å²) < 4.78 is 13.5. The minimum absolute atomic E-state index is 0.176. The highest BCUT2D eigenvalue weighted by molar-refractivity contribution is 5.63. The Hall–Kier alpha value is -2.68. The number of aromatic nitrogens is 2. The molecule has 174 valence electrons. The van der Waals surface area contributed by atoms with E-state index in [1.54, 1.807) is 0 Å². The van der Waals surface area contributed by atoms with Gasteiger partial charge < -0.3 is 10.6 Å². The van der Waals surface area contributed by atoms with Crippen LogP contribution in [-0.4, -0.2) is 29.2 Å². The number of alkyl halides is 1. The summed E-state index contributed by atoms with van der Waals surface area (Å²) in [5.41, 5.74) is 12.4. The Labute approximate surface area is 196 Å². The maximum Gasteiger partial charge on any atom is 0.135 e. The van der Waals surface area contributed by atoms with Crippen LogP contribution >= 0.6 is 0 Å². The summed E-state index contributed by atoms with van der Waals surface area (Å²) in [6.45, 7) is 8.33. The van der Waals surface area contributed by atoms with Gasteiger partial charge in [0.25, 0.3) is 0 Å². The third kappa shape index (κ3) is 3.66. The molecule has 1 saturated carbocycles. The molecule has 1 unspecified atom stereocenters. The number of hydrogen-bond donors (Lipinski definition) is 1. The fraction of sp³-hybridized carbons (Fsp3) is 0.593. The highest BCUT2D eigenvalue weighted by Gasteiger charge is 2.53. The Balaban J connectivity index is 1.49. The fourth-order valence-corrected chi connectivity index (χ4v) is 6.23. The van der Waals surface area contributed by atoms with E-state index in [1.165, 1.54) is 11.1 Å². The molecule has 3 aliphatic rings. The molecule has 2 aromatic rings. The molecule has 1 aromatic heterocycles. The topological polar surface area (TPSA) is 78.8 Å². The molecule has 0 amide bonds. The summed E-state index contributed by atoms with van der Waals surface area (Å²) in [6, 6.07) is 6.41. The van der Waals surface area contributed by atoms with Crippen LogP contribution in [0.5, 0.6) is 0 Å². The lowest BCUT2D eigenvalue weighted by Gasteiger charge is -2.58. The van der Waals surface area contributed by atoms with Gasteiger partial charge in [-0.2, -0.15) is 5.26 Å². The Morgan fingerprint density at radius 2 is 2.03 bits per heavy atom. The summed E-state index contributed by atoms with van der Waals surface area (Å²) in [5.74, 6) is 2.55. The van der Waals surface area contributed by atoms with E-state index in [9.17, 15) is 9.65 Å². The molecule has 1 saturated heterocycles. The first-order valence-electron chi connectivity index (χ1n) is 12.5. The van der Waals surface area contributed by atoms with Gasteiger partial charge in [0, 0.05) is 36.2 Å². The first-order valence-corrected chi connectivity index (χ1v) is 12.5. The minimum atomic E-state index is -0.620. The Morgan fingerprint density at radius 3 is 2.67 bits per heavy atom. The van der Waals surface area contributed by atoms with E-state index >= 15 is 0 Å². The molecular weight excluding hydrogens is 413 g/mol. The van der Waals surface area contributed by atoms with Crippen molar-refractivity contribution in [3.8, 4) is 6.07 Å². The SMILES string of the molecule is CCc1nc2c(c(N3CC4(CC(F)C4)C3)n1)CCC(c1c([C@@H](C)CC)ccc(N)c1C#N)C2. The Kier molecular flexibility index (Phi) is 5.55. The zero-order valence-electron chi connectivity index (χ0n) is 20.0. The molecule has 1 aromatic carbocycles. The van der Waals surface area contributed by atoms with Crippen LogP contribution in [0.15, 0.2) is 12.1 Å². The number of nitriles is 1. The molecule has 2 fully saturated rings. The number of nitrogens with two attached hydrogens (primary N) is 1. The number of hydrogen-bond acceptors (Lipinski definition) is 5. The quantitative estimate of drug-likeness (QED) is 0.636. The predicted octanol–water partition coefficient (Wildman–Crippen LogP) is 5.22. The molecule has 0 radical (unpaired) electrons. The van der Waals surface area contributed by atoms with E-state index in [2.05, 4.69) is 37.8 Å². The number of anilines is 2. The summed E-state index contributed by atoms with van der Waals surface area (Å²) in [5, 5.41) is 9.95. The van der Waals surface area contributed by atoms with Crippen molar-refractivity contribution in [3.63, 3.8) is 0 Å². The number of rotatable bonds is 5. The van der Waals surface area contributed by atoms with Crippen molar-refractivity contribution in [1.82, 2.24) is 9.97 Å². The van der Waals surface area contributed by atoms with Crippen molar-refractivity contribution >= 4 is 11.5 Å². The minimum Gasteiger partial charge on any atom is -0.398 e. The van der Waals surface area contributed by atoms with Crippen molar-refractivity contribution < 1.29 is 4.39 Å². The van der Waals surface area contributed by atoms with Crippen LogP contribution in [0.4, 0.5) is 15.9 Å². The van der Waals surface area contributed by atoms with E-state index in [0.29, 0.717) is 30.0 Å². The number of benzene rings is 1. The van der Waals surface area contributed by atoms with Crippen LogP contribution < -0.4 is 10.6 Å². The van der Waals surface area contributed by atoms with Gasteiger partial charge in [0.2, 0.25) is 0 Å². The van der Waals surface area contributed by atoms with Crippen molar-refractivity contribution in [2.75, 3.05) is 23.7 Å².